The monoisotopic (exact) mass is 645 g/mol. The highest BCUT2D eigenvalue weighted by atomic mass is 16.5. The Bertz CT molecular complexity index is 733. The smallest absolute Gasteiger partial charge is 0.128 e. The van der Waals surface area contributed by atoms with Crippen LogP contribution in [0.25, 0.3) is 0 Å². The predicted molar refractivity (Wildman–Crippen MR) is 202 cm³/mol. The number of ether oxygens (including phenoxy) is 2. The van der Waals surface area contributed by atoms with Crippen molar-refractivity contribution >= 4 is 0 Å². The minimum Gasteiger partial charge on any atom is -0.493 e. The van der Waals surface area contributed by atoms with Crippen LogP contribution >= 0.6 is 0 Å². The first-order chi connectivity index (χ1) is 22.8. The van der Waals surface area contributed by atoms with Crippen LogP contribution in [0.5, 0.6) is 11.5 Å². The number of aliphatic hydroxyl groups is 1. The van der Waals surface area contributed by atoms with E-state index in [9.17, 15) is 5.11 Å². The van der Waals surface area contributed by atoms with Gasteiger partial charge in [-0.3, -0.25) is 0 Å². The lowest BCUT2D eigenvalue weighted by Gasteiger charge is -2.13. The Morgan fingerprint density at radius 2 is 0.696 bits per heavy atom. The summed E-state index contributed by atoms with van der Waals surface area (Å²) in [6.07, 6.45) is 44.1. The largest absolute Gasteiger partial charge is 0.493 e. The fraction of sp³-hybridized carbons (Fsp3) is 0.860. The minimum atomic E-state index is 0.00764. The summed E-state index contributed by atoms with van der Waals surface area (Å²) >= 11 is 0. The minimum absolute atomic E-state index is 0.00764. The first-order valence-corrected chi connectivity index (χ1v) is 20.8. The molecule has 0 aliphatic carbocycles. The Hall–Kier alpha value is -1.22. The van der Waals surface area contributed by atoms with Gasteiger partial charge < -0.3 is 14.6 Å². The molecule has 0 aliphatic heterocycles. The average molecular weight is 645 g/mol. The van der Waals surface area contributed by atoms with E-state index in [0.29, 0.717) is 6.61 Å². The summed E-state index contributed by atoms with van der Waals surface area (Å²) in [5.74, 6) is 1.65. The van der Waals surface area contributed by atoms with Gasteiger partial charge in [0.1, 0.15) is 11.5 Å². The molecule has 0 saturated heterocycles. The van der Waals surface area contributed by atoms with Crippen LogP contribution in [0.2, 0.25) is 0 Å². The van der Waals surface area contributed by atoms with Crippen molar-refractivity contribution in [2.75, 3.05) is 13.2 Å². The fourth-order valence-electron chi connectivity index (χ4n) is 6.56. The van der Waals surface area contributed by atoms with Crippen LogP contribution in [-0.4, -0.2) is 18.3 Å². The van der Waals surface area contributed by atoms with Crippen molar-refractivity contribution in [2.24, 2.45) is 0 Å². The maximum absolute atomic E-state index is 9.76. The van der Waals surface area contributed by atoms with Gasteiger partial charge in [0.05, 0.1) is 19.8 Å². The molecule has 0 spiro atoms. The second-order valence-electron chi connectivity index (χ2n) is 14.2. The number of unbranched alkanes of at least 4 members (excludes halogenated alkanes) is 30. The lowest BCUT2D eigenvalue weighted by molar-refractivity contribution is 0.257. The normalized spacial score (nSPS) is 11.4. The third kappa shape index (κ3) is 27.9. The van der Waals surface area contributed by atoms with E-state index in [4.69, 9.17) is 9.47 Å². The van der Waals surface area contributed by atoms with E-state index in [1.165, 1.54) is 193 Å². The van der Waals surface area contributed by atoms with E-state index < -0.39 is 0 Å². The number of benzene rings is 1. The number of hydrogen-bond acceptors (Lipinski definition) is 3. The van der Waals surface area contributed by atoms with Crippen molar-refractivity contribution in [2.45, 2.75) is 226 Å². The molecule has 0 aliphatic rings. The van der Waals surface area contributed by atoms with Crippen LogP contribution < -0.4 is 9.47 Å². The number of rotatable bonds is 37. The van der Waals surface area contributed by atoms with Gasteiger partial charge in [0.25, 0.3) is 0 Å². The van der Waals surface area contributed by atoms with Crippen molar-refractivity contribution in [3.63, 3.8) is 0 Å². The van der Waals surface area contributed by atoms with Crippen molar-refractivity contribution in [1.82, 2.24) is 0 Å². The van der Waals surface area contributed by atoms with E-state index in [-0.39, 0.29) is 6.61 Å². The Morgan fingerprint density at radius 3 is 1.02 bits per heavy atom. The molecule has 3 heteroatoms. The molecule has 0 aromatic heterocycles. The van der Waals surface area contributed by atoms with Gasteiger partial charge in [-0.1, -0.05) is 206 Å². The first-order valence-electron chi connectivity index (χ1n) is 20.8. The van der Waals surface area contributed by atoms with Gasteiger partial charge >= 0.3 is 0 Å². The first kappa shape index (κ1) is 42.8. The van der Waals surface area contributed by atoms with Crippen LogP contribution in [0.1, 0.15) is 225 Å². The number of aliphatic hydroxyl groups excluding tert-OH is 1. The number of hydrogen-bond donors (Lipinski definition) is 1. The Kier molecular flexibility index (Phi) is 32.7. The second-order valence-corrected chi connectivity index (χ2v) is 14.2. The van der Waals surface area contributed by atoms with Gasteiger partial charge in [-0.2, -0.15) is 0 Å². The molecule has 1 N–H and O–H groups in total. The maximum Gasteiger partial charge on any atom is 0.128 e. The second kappa shape index (κ2) is 35.1. The van der Waals surface area contributed by atoms with E-state index in [0.717, 1.165) is 36.5 Å². The molecular weight excluding hydrogens is 564 g/mol. The van der Waals surface area contributed by atoms with Crippen molar-refractivity contribution in [3.05, 3.63) is 23.8 Å². The average Bonchev–Trinajstić information content (AvgIpc) is 3.07. The van der Waals surface area contributed by atoms with Crippen LogP contribution in [0.15, 0.2) is 18.2 Å². The topological polar surface area (TPSA) is 38.7 Å². The molecule has 0 amide bonds. The van der Waals surface area contributed by atoms with Crippen LogP contribution in [0.4, 0.5) is 0 Å². The molecule has 0 saturated carbocycles. The zero-order chi connectivity index (χ0) is 33.0. The van der Waals surface area contributed by atoms with Crippen LogP contribution in [0.3, 0.4) is 0 Å². The summed E-state index contributed by atoms with van der Waals surface area (Å²) in [7, 11) is 0. The summed E-state index contributed by atoms with van der Waals surface area (Å²) in [5.41, 5.74) is 0.853. The zero-order valence-corrected chi connectivity index (χ0v) is 31.2. The molecule has 3 nitrogen and oxygen atoms in total. The van der Waals surface area contributed by atoms with Crippen LogP contribution in [0, 0.1) is 0 Å². The van der Waals surface area contributed by atoms with Gasteiger partial charge in [-0.15, -0.1) is 0 Å². The maximum atomic E-state index is 9.76. The summed E-state index contributed by atoms with van der Waals surface area (Å²) in [4.78, 5) is 0. The Labute approximate surface area is 288 Å². The molecule has 0 unspecified atom stereocenters. The zero-order valence-electron chi connectivity index (χ0n) is 31.2. The Balaban J connectivity index is 1.95. The van der Waals surface area contributed by atoms with Crippen LogP contribution in [-0.2, 0) is 6.61 Å². The van der Waals surface area contributed by atoms with E-state index in [1.54, 1.807) is 0 Å². The van der Waals surface area contributed by atoms with Gasteiger partial charge in [0, 0.05) is 11.6 Å². The molecule has 270 valence electrons. The lowest BCUT2D eigenvalue weighted by Crippen LogP contribution is -2.02. The third-order valence-corrected chi connectivity index (χ3v) is 9.73. The van der Waals surface area contributed by atoms with Gasteiger partial charge in [0.15, 0.2) is 0 Å². The van der Waals surface area contributed by atoms with E-state index >= 15 is 0 Å². The molecule has 0 bridgehead atoms. The lowest BCUT2D eigenvalue weighted by atomic mass is 10.0. The summed E-state index contributed by atoms with van der Waals surface area (Å²) in [6.45, 7) is 6.07. The van der Waals surface area contributed by atoms with E-state index in [1.807, 2.05) is 18.2 Å². The quantitative estimate of drug-likeness (QED) is 0.0732. The molecule has 0 fully saturated rings. The highest BCUT2D eigenvalue weighted by molar-refractivity contribution is 5.40. The summed E-state index contributed by atoms with van der Waals surface area (Å²) in [6, 6.07) is 5.90. The van der Waals surface area contributed by atoms with Gasteiger partial charge in [-0.25, -0.2) is 0 Å². The summed E-state index contributed by atoms with van der Waals surface area (Å²) in [5, 5.41) is 9.76. The molecule has 0 atom stereocenters. The molecule has 46 heavy (non-hydrogen) atoms. The molecular formula is C43H80O3. The molecule has 1 rings (SSSR count). The van der Waals surface area contributed by atoms with Crippen molar-refractivity contribution in [3.8, 4) is 11.5 Å². The van der Waals surface area contributed by atoms with Gasteiger partial charge in [-0.05, 0) is 25.0 Å². The SMILES string of the molecule is CCCCCCCCCCCCCCCCCCOc1ccc(CO)c(OCCCCCCCCCCCCCCCCCC)c1. The highest BCUT2D eigenvalue weighted by Gasteiger charge is 2.06. The standard InChI is InChI=1S/C43H80O3/c1-3-5-7-9-11-13-15-17-19-21-23-25-27-29-31-33-37-45-42-36-35-41(40-44)43(39-42)46-38-34-32-30-28-26-24-22-20-18-16-14-12-10-8-6-4-2/h35-36,39,44H,3-34,37-38,40H2,1-2H3. The molecule has 1 aromatic rings. The summed E-state index contributed by atoms with van der Waals surface area (Å²) < 4.78 is 12.1. The molecule has 0 radical (unpaired) electrons. The molecule has 1 aromatic carbocycles. The van der Waals surface area contributed by atoms with E-state index in [2.05, 4.69) is 13.8 Å². The van der Waals surface area contributed by atoms with Crippen molar-refractivity contribution in [1.29, 1.82) is 0 Å². The highest BCUT2D eigenvalue weighted by Crippen LogP contribution is 2.26. The van der Waals surface area contributed by atoms with Crippen molar-refractivity contribution < 1.29 is 14.6 Å². The predicted octanol–water partition coefficient (Wildman–Crippen LogP) is 14.5. The molecule has 0 heterocycles. The fourth-order valence-corrected chi connectivity index (χ4v) is 6.56. The Morgan fingerprint density at radius 1 is 0.391 bits per heavy atom. The third-order valence-electron chi connectivity index (χ3n) is 9.73. The van der Waals surface area contributed by atoms with Gasteiger partial charge in [0.2, 0.25) is 0 Å².